The van der Waals surface area contributed by atoms with Crippen molar-refractivity contribution in [1.82, 2.24) is 19.9 Å². The van der Waals surface area contributed by atoms with Crippen molar-refractivity contribution in [1.29, 1.82) is 0 Å². The van der Waals surface area contributed by atoms with Gasteiger partial charge in [0.25, 0.3) is 0 Å². The van der Waals surface area contributed by atoms with Crippen LogP contribution >= 0.6 is 0 Å². The second kappa shape index (κ2) is 27.6. The van der Waals surface area contributed by atoms with E-state index in [1.54, 1.807) is 6.20 Å². The molecular formula is C61H50Ir2N4-4. The number of hydrogen-bond donors (Lipinski definition) is 0. The molecule has 0 bridgehead atoms. The average molecular weight is 1220 g/mol. The molecule has 6 heteroatoms. The molecule has 0 fully saturated rings. The molecule has 0 saturated carbocycles. The first kappa shape index (κ1) is 51.2. The molecule has 0 aliphatic rings. The molecule has 0 aliphatic heterocycles. The van der Waals surface area contributed by atoms with Crippen LogP contribution in [0.5, 0.6) is 0 Å². The van der Waals surface area contributed by atoms with Crippen LogP contribution in [0.2, 0.25) is 0 Å². The summed E-state index contributed by atoms with van der Waals surface area (Å²) in [6, 6.07) is 81.6. The Labute approximate surface area is 424 Å². The number of aryl methyl sites for hydroxylation is 1. The Bertz CT molecular complexity index is 2770. The Hall–Kier alpha value is -6.78. The third kappa shape index (κ3) is 16.3. The Morgan fingerprint density at radius 3 is 1.30 bits per heavy atom. The van der Waals surface area contributed by atoms with Crippen LogP contribution in [-0.2, 0) is 46.6 Å². The molecule has 6 aromatic carbocycles. The predicted molar refractivity (Wildman–Crippen MR) is 268 cm³/mol. The predicted octanol–water partition coefficient (Wildman–Crippen LogP) is 15.0. The maximum absolute atomic E-state index is 4.49. The topological polar surface area (TPSA) is 51.6 Å². The van der Waals surface area contributed by atoms with Crippen LogP contribution in [-0.4, -0.2) is 19.9 Å². The maximum atomic E-state index is 4.49. The van der Waals surface area contributed by atoms with E-state index >= 15 is 0 Å². The molecule has 4 heterocycles. The summed E-state index contributed by atoms with van der Waals surface area (Å²) in [4.78, 5) is 17.5. The summed E-state index contributed by atoms with van der Waals surface area (Å²) < 4.78 is 0. The van der Waals surface area contributed by atoms with Crippen molar-refractivity contribution in [3.05, 3.63) is 266 Å². The standard InChI is InChI=1S/C21H20N.C17H12N.C12H10N.C11H8N.2Ir/c1-16(2)14-17-8-10-18(11-9-17)20-12-13-22-21(15-20)19-6-4-3-5-7-19;1-3-7-14(8-4-1)16-11-12-17(18-13-16)15-9-5-2-6-10-15;1-10-7-8-12(13-9-10)11-5-3-2-4-6-11;1-2-6-10(7-3-1)11-8-4-5-9-12-11;;/h3-6,8-13,15-16H,14H2,1-2H3;1-9,11-13H;2-5,7-9H,1H3;1-6,8-9H;;/q4*-1;;. The third-order valence-electron chi connectivity index (χ3n) is 10.1. The molecule has 4 nitrogen and oxygen atoms in total. The Morgan fingerprint density at radius 1 is 0.373 bits per heavy atom. The number of rotatable bonds is 8. The summed E-state index contributed by atoms with van der Waals surface area (Å²) in [6.07, 6.45) is 8.56. The van der Waals surface area contributed by atoms with Crippen LogP contribution in [0.25, 0.3) is 67.3 Å². The van der Waals surface area contributed by atoms with Gasteiger partial charge in [0.1, 0.15) is 0 Å². The van der Waals surface area contributed by atoms with Gasteiger partial charge in [0, 0.05) is 65.0 Å². The largest absolute Gasteiger partial charge is 0.305 e. The fraction of sp³-hybridized carbons (Fsp3) is 0.0820. The van der Waals surface area contributed by atoms with Gasteiger partial charge in [0.2, 0.25) is 0 Å². The molecular weight excluding hydrogens is 1170 g/mol. The fourth-order valence-electron chi connectivity index (χ4n) is 6.78. The number of hydrogen-bond acceptors (Lipinski definition) is 4. The number of aromatic nitrogens is 4. The van der Waals surface area contributed by atoms with E-state index in [4.69, 9.17) is 0 Å². The Morgan fingerprint density at radius 2 is 0.836 bits per heavy atom. The summed E-state index contributed by atoms with van der Waals surface area (Å²) in [5, 5.41) is 0. The smallest absolute Gasteiger partial charge is 0.0239 e. The summed E-state index contributed by atoms with van der Waals surface area (Å²) in [7, 11) is 0. The molecule has 0 saturated heterocycles. The minimum absolute atomic E-state index is 0. The van der Waals surface area contributed by atoms with Crippen LogP contribution in [0.15, 0.2) is 231 Å². The van der Waals surface area contributed by atoms with Crippen molar-refractivity contribution in [2.75, 3.05) is 0 Å². The van der Waals surface area contributed by atoms with Gasteiger partial charge < -0.3 is 19.9 Å². The van der Waals surface area contributed by atoms with E-state index < -0.39 is 0 Å². The van der Waals surface area contributed by atoms with Crippen LogP contribution in [0.4, 0.5) is 0 Å². The van der Waals surface area contributed by atoms with E-state index in [0.29, 0.717) is 5.92 Å². The zero-order valence-electron chi connectivity index (χ0n) is 37.7. The summed E-state index contributed by atoms with van der Waals surface area (Å²) >= 11 is 0. The average Bonchev–Trinajstić information content (AvgIpc) is 3.39. The molecule has 0 aliphatic carbocycles. The first-order valence-electron chi connectivity index (χ1n) is 21.8. The first-order chi connectivity index (χ1) is 32.0. The molecule has 67 heavy (non-hydrogen) atoms. The minimum atomic E-state index is 0. The summed E-state index contributed by atoms with van der Waals surface area (Å²) in [6.45, 7) is 6.53. The molecule has 4 aromatic heterocycles. The molecule has 0 amide bonds. The van der Waals surface area contributed by atoms with Crippen molar-refractivity contribution < 1.29 is 40.2 Å². The Balaban J connectivity index is 0.000000170. The van der Waals surface area contributed by atoms with Gasteiger partial charge >= 0.3 is 0 Å². The Kier molecular flexibility index (Phi) is 21.1. The summed E-state index contributed by atoms with van der Waals surface area (Å²) in [5.74, 6) is 0.687. The second-order valence-electron chi connectivity index (χ2n) is 15.6. The van der Waals surface area contributed by atoms with Gasteiger partial charge in [0.15, 0.2) is 0 Å². The van der Waals surface area contributed by atoms with Crippen LogP contribution < -0.4 is 0 Å². The SMILES string of the molecule is CC(C)Cc1ccc(-c2ccnc(-c3[c-]cccc3)c2)cc1.Cc1ccc(-c2[c-]cccc2)nc1.[Ir].[Ir].[c-]1ccccc1-c1ccc(-c2ccccc2)cn1.[c-]1ccccc1-c1ccccn1. The quantitative estimate of drug-likeness (QED) is 0.142. The van der Waals surface area contributed by atoms with Crippen molar-refractivity contribution in [3.63, 3.8) is 0 Å². The molecule has 10 aromatic rings. The summed E-state index contributed by atoms with van der Waals surface area (Å²) in [5.41, 5.74) is 15.3. The first-order valence-corrected chi connectivity index (χ1v) is 21.8. The second-order valence-corrected chi connectivity index (χ2v) is 15.6. The van der Waals surface area contributed by atoms with E-state index in [2.05, 4.69) is 119 Å². The van der Waals surface area contributed by atoms with Gasteiger partial charge in [-0.15, -0.1) is 144 Å². The van der Waals surface area contributed by atoms with E-state index in [9.17, 15) is 0 Å². The molecule has 0 spiro atoms. The minimum Gasteiger partial charge on any atom is -0.305 e. The van der Waals surface area contributed by atoms with E-state index in [0.717, 1.165) is 57.0 Å². The van der Waals surface area contributed by atoms with E-state index in [-0.39, 0.29) is 40.2 Å². The van der Waals surface area contributed by atoms with Gasteiger partial charge in [-0.3, -0.25) is 0 Å². The van der Waals surface area contributed by atoms with Crippen LogP contribution in [0, 0.1) is 37.1 Å². The fourth-order valence-corrected chi connectivity index (χ4v) is 6.78. The molecule has 0 unspecified atom stereocenters. The molecule has 336 valence electrons. The van der Waals surface area contributed by atoms with Gasteiger partial charge in [-0.05, 0) is 87.6 Å². The van der Waals surface area contributed by atoms with Crippen molar-refractivity contribution in [3.8, 4) is 67.3 Å². The normalized spacial score (nSPS) is 9.97. The number of nitrogens with zero attached hydrogens (tertiary/aromatic N) is 4. The van der Waals surface area contributed by atoms with E-state index in [1.807, 2.05) is 171 Å². The van der Waals surface area contributed by atoms with Gasteiger partial charge in [-0.2, -0.15) is 0 Å². The third-order valence-corrected chi connectivity index (χ3v) is 10.1. The van der Waals surface area contributed by atoms with Crippen LogP contribution in [0.1, 0.15) is 25.0 Å². The maximum Gasteiger partial charge on any atom is 0.0239 e. The van der Waals surface area contributed by atoms with Gasteiger partial charge in [-0.25, -0.2) is 0 Å². The van der Waals surface area contributed by atoms with E-state index in [1.165, 1.54) is 27.8 Å². The molecule has 10 rings (SSSR count). The van der Waals surface area contributed by atoms with Crippen molar-refractivity contribution in [2.45, 2.75) is 27.2 Å². The van der Waals surface area contributed by atoms with Crippen molar-refractivity contribution in [2.24, 2.45) is 5.92 Å². The van der Waals surface area contributed by atoms with Gasteiger partial charge in [0.05, 0.1) is 0 Å². The zero-order valence-corrected chi connectivity index (χ0v) is 42.5. The number of benzene rings is 6. The number of pyridine rings is 4. The molecule has 0 atom stereocenters. The molecule has 2 radical (unpaired) electrons. The van der Waals surface area contributed by atoms with Crippen molar-refractivity contribution >= 4 is 0 Å². The van der Waals surface area contributed by atoms with Gasteiger partial charge in [-0.1, -0.05) is 111 Å². The zero-order chi connectivity index (χ0) is 44.9. The van der Waals surface area contributed by atoms with Crippen LogP contribution in [0.3, 0.4) is 0 Å². The molecule has 0 N–H and O–H groups in total. The monoisotopic (exact) mass is 1220 g/mol.